The maximum absolute atomic E-state index is 12.2. The number of carbonyl (C=O) groups is 1. The lowest BCUT2D eigenvalue weighted by Gasteiger charge is -2.17. The van der Waals surface area contributed by atoms with Crippen molar-refractivity contribution in [1.29, 1.82) is 0 Å². The monoisotopic (exact) mass is 294 g/mol. The van der Waals surface area contributed by atoms with Crippen molar-refractivity contribution >= 4 is 23.4 Å². The van der Waals surface area contributed by atoms with Crippen LogP contribution in [0, 0.1) is 6.92 Å². The Labute approximate surface area is 129 Å². The number of Topliss-reactive ketones (excluding diaryl/α,β-unsaturated/α-hetero) is 1. The molecule has 2 aliphatic rings. The summed E-state index contributed by atoms with van der Waals surface area (Å²) in [5.74, 6) is 1.14. The number of fused-ring (bicyclic) bond motifs is 1. The van der Waals surface area contributed by atoms with Crippen LogP contribution in [0.5, 0.6) is 0 Å². The average molecular weight is 294 g/mol. The molecule has 22 heavy (non-hydrogen) atoms. The Kier molecular flexibility index (Phi) is 3.06. The molecule has 2 aromatic heterocycles. The number of nitrogens with zero attached hydrogens (tertiary/aromatic N) is 4. The summed E-state index contributed by atoms with van der Waals surface area (Å²) in [4.78, 5) is 19.1. The SMILES string of the molecule is Cc1cc2n(n1)C=C(c1ccc(N3CCCC3)nc1)CC2=O. The number of allylic oxidation sites excluding steroid dienone is 1. The Hall–Kier alpha value is -2.43. The van der Waals surface area contributed by atoms with E-state index in [1.807, 2.05) is 25.4 Å². The van der Waals surface area contributed by atoms with Crippen molar-refractivity contribution in [3.8, 4) is 0 Å². The van der Waals surface area contributed by atoms with Crippen LogP contribution in [0.4, 0.5) is 5.82 Å². The second-order valence-electron chi connectivity index (χ2n) is 5.97. The molecule has 0 bridgehead atoms. The van der Waals surface area contributed by atoms with Crippen LogP contribution in [-0.4, -0.2) is 33.6 Å². The van der Waals surface area contributed by atoms with Crippen LogP contribution in [0.2, 0.25) is 0 Å². The van der Waals surface area contributed by atoms with E-state index in [9.17, 15) is 4.79 Å². The zero-order valence-corrected chi connectivity index (χ0v) is 12.6. The number of aromatic nitrogens is 3. The summed E-state index contributed by atoms with van der Waals surface area (Å²) in [6, 6.07) is 5.95. The maximum atomic E-state index is 12.2. The van der Waals surface area contributed by atoms with Gasteiger partial charge in [0.2, 0.25) is 0 Å². The van der Waals surface area contributed by atoms with Crippen LogP contribution < -0.4 is 4.90 Å². The lowest BCUT2D eigenvalue weighted by Crippen LogP contribution is -2.19. The summed E-state index contributed by atoms with van der Waals surface area (Å²) in [5, 5.41) is 4.35. The van der Waals surface area contributed by atoms with Crippen LogP contribution in [0.1, 0.15) is 41.0 Å². The van der Waals surface area contributed by atoms with E-state index in [0.717, 1.165) is 35.7 Å². The van der Waals surface area contributed by atoms with Gasteiger partial charge in [-0.2, -0.15) is 5.10 Å². The quantitative estimate of drug-likeness (QED) is 0.854. The van der Waals surface area contributed by atoms with Crippen LogP contribution in [-0.2, 0) is 0 Å². The number of carbonyl (C=O) groups excluding carboxylic acids is 1. The highest BCUT2D eigenvalue weighted by Crippen LogP contribution is 2.27. The van der Waals surface area contributed by atoms with E-state index in [1.165, 1.54) is 12.8 Å². The molecule has 0 amide bonds. The predicted octanol–water partition coefficient (Wildman–Crippen LogP) is 2.77. The first kappa shape index (κ1) is 13.2. The highest BCUT2D eigenvalue weighted by molar-refractivity contribution is 6.06. The van der Waals surface area contributed by atoms with Gasteiger partial charge in [0.15, 0.2) is 5.78 Å². The molecule has 5 heteroatoms. The largest absolute Gasteiger partial charge is 0.357 e. The van der Waals surface area contributed by atoms with E-state index in [1.54, 1.807) is 4.68 Å². The Morgan fingerprint density at radius 3 is 2.73 bits per heavy atom. The Morgan fingerprint density at radius 1 is 1.18 bits per heavy atom. The lowest BCUT2D eigenvalue weighted by atomic mass is 9.99. The van der Waals surface area contributed by atoms with Gasteiger partial charge in [-0.15, -0.1) is 0 Å². The topological polar surface area (TPSA) is 51.0 Å². The standard InChI is InChI=1S/C17H18N4O/c1-12-8-15-16(22)9-14(11-21(15)19-12)13-4-5-17(18-10-13)20-6-2-3-7-20/h4-5,8,10-11H,2-3,6-7,9H2,1H3. The molecule has 4 heterocycles. The van der Waals surface area contributed by atoms with Gasteiger partial charge < -0.3 is 4.90 Å². The normalized spacial score (nSPS) is 17.6. The fourth-order valence-corrected chi connectivity index (χ4v) is 3.17. The van der Waals surface area contributed by atoms with E-state index in [2.05, 4.69) is 27.1 Å². The van der Waals surface area contributed by atoms with Crippen molar-refractivity contribution < 1.29 is 4.79 Å². The van der Waals surface area contributed by atoms with Gasteiger partial charge in [0.25, 0.3) is 0 Å². The van der Waals surface area contributed by atoms with Gasteiger partial charge in [0, 0.05) is 31.9 Å². The summed E-state index contributed by atoms with van der Waals surface area (Å²) < 4.78 is 1.69. The van der Waals surface area contributed by atoms with Crippen molar-refractivity contribution in [3.63, 3.8) is 0 Å². The van der Waals surface area contributed by atoms with Crippen molar-refractivity contribution in [2.45, 2.75) is 26.2 Å². The Bertz CT molecular complexity index is 751. The van der Waals surface area contributed by atoms with Crippen LogP contribution in [0.25, 0.3) is 11.8 Å². The lowest BCUT2D eigenvalue weighted by molar-refractivity contribution is 0.0989. The first-order valence-electron chi connectivity index (χ1n) is 7.72. The zero-order valence-electron chi connectivity index (χ0n) is 12.6. The molecule has 4 rings (SSSR count). The van der Waals surface area contributed by atoms with Gasteiger partial charge in [0.05, 0.1) is 5.69 Å². The third-order valence-corrected chi connectivity index (χ3v) is 4.32. The fraction of sp³-hybridized carbons (Fsp3) is 0.353. The first-order valence-corrected chi connectivity index (χ1v) is 7.72. The Morgan fingerprint density at radius 2 is 2.00 bits per heavy atom. The third-order valence-electron chi connectivity index (χ3n) is 4.32. The summed E-state index contributed by atoms with van der Waals surface area (Å²) in [6.07, 6.45) is 6.70. The van der Waals surface area contributed by atoms with Crippen molar-refractivity contribution in [1.82, 2.24) is 14.8 Å². The van der Waals surface area contributed by atoms with Crippen molar-refractivity contribution in [2.75, 3.05) is 18.0 Å². The van der Waals surface area contributed by atoms with E-state index < -0.39 is 0 Å². The molecule has 5 nitrogen and oxygen atoms in total. The molecule has 0 unspecified atom stereocenters. The molecule has 0 radical (unpaired) electrons. The van der Waals surface area contributed by atoms with Gasteiger partial charge in [-0.05, 0) is 49.1 Å². The molecular weight excluding hydrogens is 276 g/mol. The number of hydrogen-bond donors (Lipinski definition) is 0. The number of hydrogen-bond acceptors (Lipinski definition) is 4. The van der Waals surface area contributed by atoms with E-state index in [0.29, 0.717) is 12.1 Å². The molecule has 2 aliphatic heterocycles. The molecule has 2 aromatic rings. The number of rotatable bonds is 2. The molecule has 1 saturated heterocycles. The second-order valence-corrected chi connectivity index (χ2v) is 5.97. The van der Waals surface area contributed by atoms with Gasteiger partial charge in [-0.1, -0.05) is 0 Å². The molecule has 0 atom stereocenters. The van der Waals surface area contributed by atoms with Crippen molar-refractivity contribution in [2.24, 2.45) is 0 Å². The van der Waals surface area contributed by atoms with Crippen LogP contribution in [0.3, 0.4) is 0 Å². The minimum absolute atomic E-state index is 0.113. The number of aryl methyl sites for hydroxylation is 1. The van der Waals surface area contributed by atoms with Gasteiger partial charge in [-0.3, -0.25) is 4.79 Å². The average Bonchev–Trinajstić information content (AvgIpc) is 3.16. The van der Waals surface area contributed by atoms with Crippen molar-refractivity contribution in [3.05, 3.63) is 41.3 Å². The summed E-state index contributed by atoms with van der Waals surface area (Å²) >= 11 is 0. The second kappa shape index (κ2) is 5.09. The smallest absolute Gasteiger partial charge is 0.185 e. The maximum Gasteiger partial charge on any atom is 0.185 e. The minimum Gasteiger partial charge on any atom is -0.357 e. The minimum atomic E-state index is 0.113. The molecular formula is C17H18N4O. The molecule has 1 fully saturated rings. The third kappa shape index (κ3) is 2.22. The van der Waals surface area contributed by atoms with E-state index in [-0.39, 0.29) is 5.78 Å². The summed E-state index contributed by atoms with van der Waals surface area (Å²) in [7, 11) is 0. The molecule has 0 N–H and O–H groups in total. The zero-order chi connectivity index (χ0) is 15.1. The van der Waals surface area contributed by atoms with Crippen LogP contribution in [0.15, 0.2) is 24.4 Å². The van der Waals surface area contributed by atoms with E-state index in [4.69, 9.17) is 0 Å². The Balaban J connectivity index is 1.64. The number of pyridine rings is 1. The van der Waals surface area contributed by atoms with Crippen LogP contribution >= 0.6 is 0 Å². The number of anilines is 1. The summed E-state index contributed by atoms with van der Waals surface area (Å²) in [5.41, 5.74) is 3.50. The fourth-order valence-electron chi connectivity index (χ4n) is 3.17. The molecule has 0 spiro atoms. The van der Waals surface area contributed by atoms with Gasteiger partial charge in [0.1, 0.15) is 11.5 Å². The highest BCUT2D eigenvalue weighted by atomic mass is 16.1. The molecule has 0 aromatic carbocycles. The molecule has 0 saturated carbocycles. The molecule has 112 valence electrons. The number of ketones is 1. The first-order chi connectivity index (χ1) is 10.7. The molecule has 0 aliphatic carbocycles. The van der Waals surface area contributed by atoms with Gasteiger partial charge >= 0.3 is 0 Å². The summed E-state index contributed by atoms with van der Waals surface area (Å²) in [6.45, 7) is 4.07. The van der Waals surface area contributed by atoms with E-state index >= 15 is 0 Å². The predicted molar refractivity (Wildman–Crippen MR) is 85.8 cm³/mol. The highest BCUT2D eigenvalue weighted by Gasteiger charge is 2.21. The van der Waals surface area contributed by atoms with Gasteiger partial charge in [-0.25, -0.2) is 9.67 Å².